The Balaban J connectivity index is 1.16. The number of thiazole rings is 1. The molecule has 3 aromatic rings. The first-order chi connectivity index (χ1) is 14.7. The highest BCUT2D eigenvalue weighted by Gasteiger charge is 2.26. The SMILES string of the molecule is C[C@H](CCc1ccccc1)NC(=O)C[NH+]1CC[NH+](Cc2nc3ccccc3s2)CC1. The lowest BCUT2D eigenvalue weighted by Gasteiger charge is -2.29. The molecule has 1 saturated heterocycles. The minimum Gasteiger partial charge on any atom is -0.349 e. The summed E-state index contributed by atoms with van der Waals surface area (Å²) in [6.45, 7) is 7.98. The molecule has 5 nitrogen and oxygen atoms in total. The summed E-state index contributed by atoms with van der Waals surface area (Å²) in [6.07, 6.45) is 1.98. The summed E-state index contributed by atoms with van der Waals surface area (Å²) in [6, 6.07) is 19.0. The summed E-state index contributed by atoms with van der Waals surface area (Å²) in [5.74, 6) is 0.181. The summed E-state index contributed by atoms with van der Waals surface area (Å²) in [7, 11) is 0. The number of rotatable bonds is 8. The van der Waals surface area contributed by atoms with E-state index >= 15 is 0 Å². The number of carbonyl (C=O) groups excluding carboxylic acids is 1. The first-order valence-electron chi connectivity index (χ1n) is 11.0. The fraction of sp³-hybridized carbons (Fsp3) is 0.417. The zero-order valence-electron chi connectivity index (χ0n) is 17.7. The molecule has 0 radical (unpaired) electrons. The molecule has 1 atom stereocenters. The van der Waals surface area contributed by atoms with Gasteiger partial charge in [-0.2, -0.15) is 0 Å². The fourth-order valence-electron chi connectivity index (χ4n) is 4.17. The van der Waals surface area contributed by atoms with E-state index in [-0.39, 0.29) is 11.9 Å². The van der Waals surface area contributed by atoms with E-state index in [1.165, 1.54) is 20.2 Å². The van der Waals surface area contributed by atoms with Crippen LogP contribution in [-0.2, 0) is 17.8 Å². The average Bonchev–Trinajstić information content (AvgIpc) is 3.17. The minimum atomic E-state index is 0.181. The molecule has 4 rings (SSSR count). The van der Waals surface area contributed by atoms with Gasteiger partial charge in [-0.15, -0.1) is 11.3 Å². The average molecular weight is 425 g/mol. The number of piperazine rings is 1. The maximum atomic E-state index is 12.5. The van der Waals surface area contributed by atoms with Crippen molar-refractivity contribution in [3.8, 4) is 0 Å². The second-order valence-electron chi connectivity index (χ2n) is 8.42. The standard InChI is InChI=1S/C24H30N4OS/c1-19(11-12-20-7-3-2-4-8-20)25-23(29)17-27-13-15-28(16-14-27)18-24-26-21-9-5-6-10-22(21)30-24/h2-10,19H,11-18H2,1H3,(H,25,29)/p+2/t19-/m1/s1. The van der Waals surface area contributed by atoms with Crippen LogP contribution in [0.3, 0.4) is 0 Å². The number of para-hydroxylation sites is 1. The van der Waals surface area contributed by atoms with Crippen molar-refractivity contribution < 1.29 is 14.6 Å². The topological polar surface area (TPSA) is 50.9 Å². The van der Waals surface area contributed by atoms with Crippen molar-refractivity contribution >= 4 is 27.5 Å². The number of benzene rings is 2. The van der Waals surface area contributed by atoms with Crippen molar-refractivity contribution in [2.24, 2.45) is 0 Å². The smallest absolute Gasteiger partial charge is 0.275 e. The van der Waals surface area contributed by atoms with Crippen LogP contribution in [0.4, 0.5) is 0 Å². The summed E-state index contributed by atoms with van der Waals surface area (Å²) < 4.78 is 1.27. The van der Waals surface area contributed by atoms with Gasteiger partial charge in [0.15, 0.2) is 6.54 Å². The number of aromatic nitrogens is 1. The maximum Gasteiger partial charge on any atom is 0.275 e. The van der Waals surface area contributed by atoms with E-state index < -0.39 is 0 Å². The molecular formula is C24H32N4OS+2. The van der Waals surface area contributed by atoms with Crippen molar-refractivity contribution in [2.45, 2.75) is 32.4 Å². The lowest BCUT2D eigenvalue weighted by atomic mass is 10.1. The maximum absolute atomic E-state index is 12.5. The molecule has 1 aromatic heterocycles. The first-order valence-corrected chi connectivity index (χ1v) is 11.8. The Kier molecular flexibility index (Phi) is 7.10. The van der Waals surface area contributed by atoms with Gasteiger partial charge in [-0.3, -0.25) is 4.79 Å². The molecule has 158 valence electrons. The number of nitrogens with zero attached hydrogens (tertiary/aromatic N) is 1. The van der Waals surface area contributed by atoms with E-state index in [0.29, 0.717) is 6.54 Å². The number of aryl methyl sites for hydroxylation is 1. The van der Waals surface area contributed by atoms with Crippen molar-refractivity contribution in [1.29, 1.82) is 0 Å². The van der Waals surface area contributed by atoms with E-state index in [1.54, 1.807) is 4.90 Å². The number of amides is 1. The Morgan fingerprint density at radius 2 is 1.73 bits per heavy atom. The number of nitrogens with one attached hydrogen (secondary N) is 3. The van der Waals surface area contributed by atoms with Gasteiger partial charge in [0.25, 0.3) is 5.91 Å². The van der Waals surface area contributed by atoms with Crippen LogP contribution in [0.1, 0.15) is 23.9 Å². The third-order valence-electron chi connectivity index (χ3n) is 5.93. The predicted octanol–water partition coefficient (Wildman–Crippen LogP) is 0.717. The highest BCUT2D eigenvalue weighted by atomic mass is 32.1. The normalized spacial score (nSPS) is 20.2. The van der Waals surface area contributed by atoms with Crippen LogP contribution in [0.25, 0.3) is 10.2 Å². The van der Waals surface area contributed by atoms with E-state index in [2.05, 4.69) is 54.7 Å². The minimum absolute atomic E-state index is 0.181. The highest BCUT2D eigenvalue weighted by Crippen LogP contribution is 2.20. The Labute approximate surface area is 182 Å². The molecule has 1 amide bonds. The second kappa shape index (κ2) is 10.2. The van der Waals surface area contributed by atoms with Gasteiger partial charge < -0.3 is 15.1 Å². The van der Waals surface area contributed by atoms with Gasteiger partial charge in [0.1, 0.15) is 37.7 Å². The van der Waals surface area contributed by atoms with Gasteiger partial charge in [-0.05, 0) is 37.5 Å². The molecule has 6 heteroatoms. The predicted molar refractivity (Wildman–Crippen MR) is 122 cm³/mol. The number of hydrogen-bond acceptors (Lipinski definition) is 3. The van der Waals surface area contributed by atoms with Gasteiger partial charge in [-0.25, -0.2) is 4.98 Å². The number of carbonyl (C=O) groups is 1. The molecule has 1 aliphatic heterocycles. The monoisotopic (exact) mass is 424 g/mol. The molecule has 1 aliphatic rings. The molecule has 30 heavy (non-hydrogen) atoms. The second-order valence-corrected chi connectivity index (χ2v) is 9.54. The molecule has 2 aromatic carbocycles. The lowest BCUT2D eigenvalue weighted by molar-refractivity contribution is -1.02. The van der Waals surface area contributed by atoms with Gasteiger partial charge >= 0.3 is 0 Å². The number of hydrogen-bond donors (Lipinski definition) is 3. The van der Waals surface area contributed by atoms with Gasteiger partial charge in [0.05, 0.1) is 10.2 Å². The quantitative estimate of drug-likeness (QED) is 0.499. The van der Waals surface area contributed by atoms with Crippen molar-refractivity contribution in [1.82, 2.24) is 10.3 Å². The van der Waals surface area contributed by atoms with Gasteiger partial charge in [0, 0.05) is 6.04 Å². The zero-order chi connectivity index (χ0) is 20.8. The molecule has 1 fully saturated rings. The van der Waals surface area contributed by atoms with Crippen LogP contribution in [0.15, 0.2) is 54.6 Å². The van der Waals surface area contributed by atoms with E-state index in [1.807, 2.05) is 23.5 Å². The molecule has 0 aliphatic carbocycles. The van der Waals surface area contributed by atoms with Crippen LogP contribution in [-0.4, -0.2) is 49.7 Å². The molecule has 2 heterocycles. The van der Waals surface area contributed by atoms with Crippen LogP contribution in [0.2, 0.25) is 0 Å². The lowest BCUT2D eigenvalue weighted by Crippen LogP contribution is -3.28. The number of quaternary nitrogens is 2. The van der Waals surface area contributed by atoms with E-state index in [0.717, 1.165) is 51.1 Å². The van der Waals surface area contributed by atoms with Gasteiger partial charge in [0.2, 0.25) is 0 Å². The molecule has 0 unspecified atom stereocenters. The molecule has 3 N–H and O–H groups in total. The highest BCUT2D eigenvalue weighted by molar-refractivity contribution is 7.18. The third kappa shape index (κ3) is 5.88. The summed E-state index contributed by atoms with van der Waals surface area (Å²) >= 11 is 1.81. The van der Waals surface area contributed by atoms with E-state index in [9.17, 15) is 4.79 Å². The summed E-state index contributed by atoms with van der Waals surface area (Å²) in [5.41, 5.74) is 2.44. The zero-order valence-corrected chi connectivity index (χ0v) is 18.5. The van der Waals surface area contributed by atoms with Gasteiger partial charge in [-0.1, -0.05) is 42.5 Å². The molecule has 0 bridgehead atoms. The summed E-state index contributed by atoms with van der Waals surface area (Å²) in [5, 5.41) is 4.41. The van der Waals surface area contributed by atoms with Crippen LogP contribution in [0.5, 0.6) is 0 Å². The van der Waals surface area contributed by atoms with Crippen LogP contribution >= 0.6 is 11.3 Å². The van der Waals surface area contributed by atoms with Crippen molar-refractivity contribution in [2.75, 3.05) is 32.7 Å². The number of fused-ring (bicyclic) bond motifs is 1. The third-order valence-corrected chi connectivity index (χ3v) is 6.97. The molecule has 0 saturated carbocycles. The molecular weight excluding hydrogens is 392 g/mol. The van der Waals surface area contributed by atoms with Crippen LogP contribution < -0.4 is 15.1 Å². The Morgan fingerprint density at radius 1 is 1.03 bits per heavy atom. The van der Waals surface area contributed by atoms with E-state index in [4.69, 9.17) is 4.98 Å². The Morgan fingerprint density at radius 3 is 2.50 bits per heavy atom. The Hall–Kier alpha value is -2.28. The molecule has 0 spiro atoms. The fourth-order valence-corrected chi connectivity index (χ4v) is 5.21. The van der Waals surface area contributed by atoms with Crippen molar-refractivity contribution in [3.05, 3.63) is 65.2 Å². The van der Waals surface area contributed by atoms with Crippen molar-refractivity contribution in [3.63, 3.8) is 0 Å². The largest absolute Gasteiger partial charge is 0.349 e. The Bertz CT molecular complexity index is 917. The van der Waals surface area contributed by atoms with Crippen LogP contribution in [0, 0.1) is 0 Å². The summed E-state index contributed by atoms with van der Waals surface area (Å²) in [4.78, 5) is 20.2. The first kappa shape index (κ1) is 21.0.